The van der Waals surface area contributed by atoms with Crippen molar-refractivity contribution in [2.45, 2.75) is 20.8 Å². The number of benzene rings is 2. The number of aryl methyl sites for hydroxylation is 3. The highest BCUT2D eigenvalue weighted by atomic mass is 32.1. The standard InChI is InChI=1S/C24H26N2O4S/c1-14-9-15(2)22(16(3)10-14)18-13-31-24(25-18)26-21(27)8-7-17-11-19(28-4)23(30-6)20(12-17)29-5/h7-13H,1-6H3,(H,25,26,27)/b8-7+. The predicted octanol–water partition coefficient (Wildman–Crippen LogP) is 5.41. The Morgan fingerprint density at radius 1 is 0.968 bits per heavy atom. The Kier molecular flexibility index (Phi) is 6.97. The van der Waals surface area contributed by atoms with Crippen LogP contribution in [0.15, 0.2) is 35.7 Å². The van der Waals surface area contributed by atoms with E-state index in [0.29, 0.717) is 22.4 Å². The first-order valence-corrected chi connectivity index (χ1v) is 10.6. The van der Waals surface area contributed by atoms with E-state index in [1.807, 2.05) is 5.38 Å². The van der Waals surface area contributed by atoms with Gasteiger partial charge in [0.05, 0.1) is 27.0 Å². The minimum Gasteiger partial charge on any atom is -0.493 e. The molecule has 0 bridgehead atoms. The molecule has 0 spiro atoms. The fourth-order valence-corrected chi connectivity index (χ4v) is 4.25. The molecule has 1 aromatic heterocycles. The van der Waals surface area contributed by atoms with E-state index in [9.17, 15) is 4.79 Å². The zero-order chi connectivity index (χ0) is 22.5. The van der Waals surface area contributed by atoms with Crippen LogP contribution in [0.4, 0.5) is 5.13 Å². The van der Waals surface area contributed by atoms with Crippen molar-refractivity contribution in [1.29, 1.82) is 0 Å². The number of aromatic nitrogens is 1. The first kappa shape index (κ1) is 22.4. The summed E-state index contributed by atoms with van der Waals surface area (Å²) in [6, 6.07) is 7.82. The van der Waals surface area contributed by atoms with Gasteiger partial charge in [-0.2, -0.15) is 0 Å². The summed E-state index contributed by atoms with van der Waals surface area (Å²) in [7, 11) is 4.65. The normalized spacial score (nSPS) is 10.9. The monoisotopic (exact) mass is 438 g/mol. The first-order valence-electron chi connectivity index (χ1n) is 9.69. The zero-order valence-corrected chi connectivity index (χ0v) is 19.3. The number of hydrogen-bond acceptors (Lipinski definition) is 6. The molecule has 1 N–H and O–H groups in total. The second-order valence-electron chi connectivity index (χ2n) is 7.09. The van der Waals surface area contributed by atoms with E-state index >= 15 is 0 Å². The molecule has 3 aromatic rings. The summed E-state index contributed by atoms with van der Waals surface area (Å²) >= 11 is 1.40. The van der Waals surface area contributed by atoms with E-state index in [4.69, 9.17) is 14.2 Å². The Balaban J connectivity index is 1.76. The highest BCUT2D eigenvalue weighted by molar-refractivity contribution is 7.14. The van der Waals surface area contributed by atoms with E-state index in [1.165, 1.54) is 34.1 Å². The first-order chi connectivity index (χ1) is 14.9. The van der Waals surface area contributed by atoms with Crippen LogP contribution in [0.2, 0.25) is 0 Å². The molecule has 0 atom stereocenters. The van der Waals surface area contributed by atoms with Gasteiger partial charge in [-0.1, -0.05) is 17.7 Å². The van der Waals surface area contributed by atoms with Crippen LogP contribution in [0.5, 0.6) is 17.2 Å². The SMILES string of the molecule is COc1cc(/C=C/C(=O)Nc2nc(-c3c(C)cc(C)cc3C)cs2)cc(OC)c1OC. The third kappa shape index (κ3) is 5.06. The molecule has 0 aliphatic heterocycles. The Labute approximate surface area is 186 Å². The Morgan fingerprint density at radius 3 is 2.13 bits per heavy atom. The second-order valence-corrected chi connectivity index (χ2v) is 7.95. The molecule has 6 nitrogen and oxygen atoms in total. The van der Waals surface area contributed by atoms with Crippen molar-refractivity contribution in [1.82, 2.24) is 4.98 Å². The summed E-state index contributed by atoms with van der Waals surface area (Å²) in [6.07, 6.45) is 3.13. The fourth-order valence-electron chi connectivity index (χ4n) is 3.55. The number of carbonyl (C=O) groups excluding carboxylic acids is 1. The molecule has 0 saturated carbocycles. The summed E-state index contributed by atoms with van der Waals surface area (Å²) in [6.45, 7) is 6.23. The van der Waals surface area contributed by atoms with Crippen LogP contribution in [0.25, 0.3) is 17.3 Å². The van der Waals surface area contributed by atoms with Crippen molar-refractivity contribution in [3.63, 3.8) is 0 Å². The summed E-state index contributed by atoms with van der Waals surface area (Å²) in [5.74, 6) is 1.28. The van der Waals surface area contributed by atoms with Crippen LogP contribution in [0.1, 0.15) is 22.3 Å². The number of nitrogens with zero attached hydrogens (tertiary/aromatic N) is 1. The number of thiazole rings is 1. The third-order valence-corrected chi connectivity index (χ3v) is 5.54. The lowest BCUT2D eigenvalue weighted by molar-refractivity contribution is -0.111. The average Bonchev–Trinajstić information content (AvgIpc) is 3.18. The molecule has 3 rings (SSSR count). The van der Waals surface area contributed by atoms with Crippen molar-refractivity contribution in [2.75, 3.05) is 26.6 Å². The molecular weight excluding hydrogens is 412 g/mol. The molecule has 0 saturated heterocycles. The number of methoxy groups -OCH3 is 3. The van der Waals surface area contributed by atoms with Crippen molar-refractivity contribution in [3.05, 3.63) is 58.0 Å². The van der Waals surface area contributed by atoms with E-state index in [0.717, 1.165) is 16.8 Å². The van der Waals surface area contributed by atoms with Crippen molar-refractivity contribution in [2.24, 2.45) is 0 Å². The van der Waals surface area contributed by atoms with Gasteiger partial charge in [-0.3, -0.25) is 10.1 Å². The molecule has 0 fully saturated rings. The van der Waals surface area contributed by atoms with Gasteiger partial charge < -0.3 is 14.2 Å². The van der Waals surface area contributed by atoms with Gasteiger partial charge in [0.15, 0.2) is 16.6 Å². The largest absolute Gasteiger partial charge is 0.493 e. The Bertz CT molecular complexity index is 1090. The summed E-state index contributed by atoms with van der Waals surface area (Å²) < 4.78 is 16.0. The van der Waals surface area contributed by atoms with E-state index < -0.39 is 0 Å². The van der Waals surface area contributed by atoms with Gasteiger partial charge in [0, 0.05) is 17.0 Å². The van der Waals surface area contributed by atoms with Gasteiger partial charge in [0.25, 0.3) is 0 Å². The summed E-state index contributed by atoms with van der Waals surface area (Å²) in [4.78, 5) is 17.0. The maximum absolute atomic E-state index is 12.4. The number of nitrogens with one attached hydrogen (secondary N) is 1. The van der Waals surface area contributed by atoms with Crippen LogP contribution in [-0.2, 0) is 4.79 Å². The predicted molar refractivity (Wildman–Crippen MR) is 126 cm³/mol. The van der Waals surface area contributed by atoms with Gasteiger partial charge in [0.2, 0.25) is 11.7 Å². The smallest absolute Gasteiger partial charge is 0.250 e. The van der Waals surface area contributed by atoms with Gasteiger partial charge in [-0.05, 0) is 55.7 Å². The van der Waals surface area contributed by atoms with Crippen LogP contribution in [0, 0.1) is 20.8 Å². The molecular formula is C24H26N2O4S. The lowest BCUT2D eigenvalue weighted by Crippen LogP contribution is -2.07. The number of anilines is 1. The highest BCUT2D eigenvalue weighted by Gasteiger charge is 2.13. The molecule has 31 heavy (non-hydrogen) atoms. The van der Waals surface area contributed by atoms with Crippen molar-refractivity contribution in [3.8, 4) is 28.5 Å². The van der Waals surface area contributed by atoms with Gasteiger partial charge in [0.1, 0.15) is 0 Å². The van der Waals surface area contributed by atoms with Gasteiger partial charge in [-0.15, -0.1) is 11.3 Å². The quantitative estimate of drug-likeness (QED) is 0.499. The van der Waals surface area contributed by atoms with Crippen LogP contribution < -0.4 is 19.5 Å². The van der Waals surface area contributed by atoms with E-state index in [-0.39, 0.29) is 5.91 Å². The van der Waals surface area contributed by atoms with Gasteiger partial charge in [-0.25, -0.2) is 4.98 Å². The van der Waals surface area contributed by atoms with E-state index in [1.54, 1.807) is 39.5 Å². The molecule has 0 aliphatic carbocycles. The summed E-state index contributed by atoms with van der Waals surface area (Å²) in [5.41, 5.74) is 6.28. The molecule has 2 aromatic carbocycles. The minimum atomic E-state index is -0.271. The molecule has 1 heterocycles. The minimum absolute atomic E-state index is 0.271. The topological polar surface area (TPSA) is 69.7 Å². The number of amides is 1. The average molecular weight is 439 g/mol. The van der Waals surface area contributed by atoms with Crippen molar-refractivity contribution < 1.29 is 19.0 Å². The third-order valence-electron chi connectivity index (χ3n) is 4.78. The van der Waals surface area contributed by atoms with Gasteiger partial charge >= 0.3 is 0 Å². The van der Waals surface area contributed by atoms with Crippen LogP contribution in [0.3, 0.4) is 0 Å². The maximum Gasteiger partial charge on any atom is 0.250 e. The fraction of sp³-hybridized carbons (Fsp3) is 0.250. The summed E-state index contributed by atoms with van der Waals surface area (Å²) in [5, 5.41) is 5.34. The van der Waals surface area contributed by atoms with E-state index in [2.05, 4.69) is 43.2 Å². The number of hydrogen-bond donors (Lipinski definition) is 1. The lowest BCUT2D eigenvalue weighted by Gasteiger charge is -2.12. The molecule has 0 unspecified atom stereocenters. The molecule has 1 amide bonds. The lowest BCUT2D eigenvalue weighted by atomic mass is 9.98. The number of carbonyl (C=O) groups is 1. The number of rotatable bonds is 7. The maximum atomic E-state index is 12.4. The Hall–Kier alpha value is -3.32. The molecule has 162 valence electrons. The zero-order valence-electron chi connectivity index (χ0n) is 18.5. The molecule has 0 aliphatic rings. The Morgan fingerprint density at radius 2 is 1.58 bits per heavy atom. The van der Waals surface area contributed by atoms with Crippen LogP contribution in [-0.4, -0.2) is 32.2 Å². The number of ether oxygens (including phenoxy) is 3. The second kappa shape index (κ2) is 9.66. The molecule has 0 radical (unpaired) electrons. The van der Waals surface area contributed by atoms with Crippen LogP contribution >= 0.6 is 11.3 Å². The molecule has 7 heteroatoms. The van der Waals surface area contributed by atoms with Crippen molar-refractivity contribution >= 4 is 28.5 Å². The highest BCUT2D eigenvalue weighted by Crippen LogP contribution is 2.38.